The van der Waals surface area contributed by atoms with Crippen LogP contribution in [-0.2, 0) is 4.79 Å². The third-order valence-corrected chi connectivity index (χ3v) is 8.70. The van der Waals surface area contributed by atoms with E-state index >= 15 is 0 Å². The number of aliphatic hydroxyl groups excluding tert-OH is 1. The van der Waals surface area contributed by atoms with Crippen LogP contribution in [0.1, 0.15) is 65.2 Å². The molecule has 3 nitrogen and oxygen atoms in total. The molecule has 0 radical (unpaired) electrons. The quantitative estimate of drug-likeness (QED) is 0.718. The van der Waals surface area contributed by atoms with E-state index in [0.29, 0.717) is 11.8 Å². The molecule has 0 aliphatic heterocycles. The van der Waals surface area contributed by atoms with Gasteiger partial charge in [0, 0.05) is 5.41 Å². The smallest absolute Gasteiger partial charge is 0.309 e. The van der Waals surface area contributed by atoms with Gasteiger partial charge in [-0.1, -0.05) is 19.9 Å². The normalized spacial score (nSPS) is 55.2. The van der Waals surface area contributed by atoms with Crippen molar-refractivity contribution in [2.45, 2.75) is 71.3 Å². The minimum Gasteiger partial charge on any atom is -0.481 e. The van der Waals surface area contributed by atoms with Crippen LogP contribution in [0.25, 0.3) is 0 Å². The van der Waals surface area contributed by atoms with Crippen molar-refractivity contribution in [3.8, 4) is 0 Å². The number of carboxylic acid groups (broad SMARTS) is 1. The van der Waals surface area contributed by atoms with Crippen LogP contribution in [0.15, 0.2) is 12.2 Å². The van der Waals surface area contributed by atoms with Crippen molar-refractivity contribution in [3.63, 3.8) is 0 Å². The van der Waals surface area contributed by atoms with Crippen LogP contribution in [-0.4, -0.2) is 22.3 Å². The molecule has 4 fully saturated rings. The van der Waals surface area contributed by atoms with Crippen LogP contribution in [0, 0.1) is 34.0 Å². The summed E-state index contributed by atoms with van der Waals surface area (Å²) in [7, 11) is 0. The van der Waals surface area contributed by atoms with Crippen molar-refractivity contribution in [2.75, 3.05) is 0 Å². The van der Waals surface area contributed by atoms with E-state index in [-0.39, 0.29) is 22.9 Å². The molecule has 2 unspecified atom stereocenters. The predicted octanol–water partition coefficient (Wildman–Crippen LogP) is 4.01. The average molecular weight is 318 g/mol. The molecule has 4 aliphatic carbocycles. The molecule has 0 saturated heterocycles. The first-order valence-electron chi connectivity index (χ1n) is 9.36. The summed E-state index contributed by atoms with van der Waals surface area (Å²) in [6.45, 7) is 8.53. The zero-order valence-electron chi connectivity index (χ0n) is 14.5. The Morgan fingerprint density at radius 3 is 2.57 bits per heavy atom. The second kappa shape index (κ2) is 4.62. The summed E-state index contributed by atoms with van der Waals surface area (Å²) in [5.41, 5.74) is 0.514. The number of aliphatic carboxylic acids is 1. The summed E-state index contributed by atoms with van der Waals surface area (Å²) in [5, 5.41) is 20.9. The maximum absolute atomic E-state index is 12.0. The van der Waals surface area contributed by atoms with Crippen LogP contribution < -0.4 is 0 Å². The Labute approximate surface area is 139 Å². The first-order valence-corrected chi connectivity index (χ1v) is 9.36. The molecule has 3 heteroatoms. The van der Waals surface area contributed by atoms with E-state index in [0.717, 1.165) is 56.9 Å². The zero-order valence-corrected chi connectivity index (χ0v) is 14.5. The van der Waals surface area contributed by atoms with Crippen LogP contribution >= 0.6 is 0 Å². The van der Waals surface area contributed by atoms with E-state index in [9.17, 15) is 15.0 Å². The van der Waals surface area contributed by atoms with Crippen molar-refractivity contribution >= 4 is 5.97 Å². The van der Waals surface area contributed by atoms with Gasteiger partial charge in [-0.05, 0) is 80.6 Å². The van der Waals surface area contributed by atoms with Gasteiger partial charge < -0.3 is 10.2 Å². The highest BCUT2D eigenvalue weighted by Gasteiger charge is 2.67. The Morgan fingerprint density at radius 1 is 1.13 bits per heavy atom. The summed E-state index contributed by atoms with van der Waals surface area (Å²) >= 11 is 0. The topological polar surface area (TPSA) is 57.5 Å². The van der Waals surface area contributed by atoms with Crippen molar-refractivity contribution in [3.05, 3.63) is 12.2 Å². The summed E-state index contributed by atoms with van der Waals surface area (Å²) in [4.78, 5) is 12.0. The first kappa shape index (κ1) is 15.7. The minimum absolute atomic E-state index is 0.0119. The van der Waals surface area contributed by atoms with Crippen LogP contribution in [0.5, 0.6) is 0 Å². The molecular formula is C20H30O3. The lowest BCUT2D eigenvalue weighted by Gasteiger charge is -2.63. The largest absolute Gasteiger partial charge is 0.481 e. The van der Waals surface area contributed by atoms with Gasteiger partial charge in [0.25, 0.3) is 0 Å². The molecule has 0 aromatic heterocycles. The third kappa shape index (κ3) is 1.72. The third-order valence-electron chi connectivity index (χ3n) is 8.70. The fourth-order valence-electron chi connectivity index (χ4n) is 7.62. The number of carboxylic acids is 1. The second-order valence-electron chi connectivity index (χ2n) is 9.41. The Bertz CT molecular complexity index is 569. The van der Waals surface area contributed by atoms with Crippen LogP contribution in [0.4, 0.5) is 0 Å². The highest BCUT2D eigenvalue weighted by molar-refractivity contribution is 5.75. The molecule has 128 valence electrons. The maximum Gasteiger partial charge on any atom is 0.309 e. The Hall–Kier alpha value is -0.830. The summed E-state index contributed by atoms with van der Waals surface area (Å²) in [6.07, 6.45) is 7.86. The van der Waals surface area contributed by atoms with Crippen molar-refractivity contribution in [2.24, 2.45) is 34.0 Å². The van der Waals surface area contributed by atoms with E-state index in [4.69, 9.17) is 0 Å². The Balaban J connectivity index is 1.78. The lowest BCUT2D eigenvalue weighted by Crippen LogP contribution is -2.60. The van der Waals surface area contributed by atoms with Gasteiger partial charge in [0.2, 0.25) is 0 Å². The van der Waals surface area contributed by atoms with Gasteiger partial charge in [-0.3, -0.25) is 4.79 Å². The molecule has 2 N–H and O–H groups in total. The highest BCUT2D eigenvalue weighted by Crippen LogP contribution is 2.72. The van der Waals surface area contributed by atoms with E-state index < -0.39 is 11.4 Å². The number of hydrogen-bond acceptors (Lipinski definition) is 2. The van der Waals surface area contributed by atoms with Gasteiger partial charge in [0.15, 0.2) is 0 Å². The summed E-state index contributed by atoms with van der Waals surface area (Å²) in [6, 6.07) is 0. The molecule has 0 amide bonds. The SMILES string of the molecule is C=C1C2CC[C@@H]3[C@@](CC[C@H]4[C@@]3(C)CCC[C@@]4(C)C(=O)O)(C2)C1O. The first-order chi connectivity index (χ1) is 10.8. The van der Waals surface area contributed by atoms with E-state index in [1.807, 2.05) is 6.92 Å². The van der Waals surface area contributed by atoms with E-state index in [1.165, 1.54) is 0 Å². The van der Waals surface area contributed by atoms with Gasteiger partial charge >= 0.3 is 5.97 Å². The zero-order chi connectivity index (χ0) is 16.6. The molecule has 2 bridgehead atoms. The number of rotatable bonds is 1. The van der Waals surface area contributed by atoms with Crippen molar-refractivity contribution < 1.29 is 15.0 Å². The molecular weight excluding hydrogens is 288 g/mol. The fraction of sp³-hybridized carbons (Fsp3) is 0.850. The molecule has 4 rings (SSSR count). The van der Waals surface area contributed by atoms with Crippen LogP contribution in [0.2, 0.25) is 0 Å². The predicted molar refractivity (Wildman–Crippen MR) is 88.8 cm³/mol. The fourth-order valence-corrected chi connectivity index (χ4v) is 7.62. The summed E-state index contributed by atoms with van der Waals surface area (Å²) in [5.74, 6) is 0.581. The molecule has 0 aromatic rings. The Morgan fingerprint density at radius 2 is 1.87 bits per heavy atom. The van der Waals surface area contributed by atoms with Gasteiger partial charge in [0.05, 0.1) is 11.5 Å². The monoisotopic (exact) mass is 318 g/mol. The lowest BCUT2D eigenvalue weighted by atomic mass is 9.40. The molecule has 7 atom stereocenters. The molecule has 0 heterocycles. The molecule has 1 spiro atoms. The van der Waals surface area contributed by atoms with Gasteiger partial charge in [0.1, 0.15) is 0 Å². The number of aliphatic hydroxyl groups is 1. The maximum atomic E-state index is 12.0. The lowest BCUT2D eigenvalue weighted by molar-refractivity contribution is -0.190. The van der Waals surface area contributed by atoms with Crippen LogP contribution in [0.3, 0.4) is 0 Å². The molecule has 0 aromatic carbocycles. The molecule has 4 saturated carbocycles. The van der Waals surface area contributed by atoms with E-state index in [1.54, 1.807) is 0 Å². The summed E-state index contributed by atoms with van der Waals surface area (Å²) < 4.78 is 0. The van der Waals surface area contributed by atoms with Gasteiger partial charge in [-0.15, -0.1) is 0 Å². The highest BCUT2D eigenvalue weighted by atomic mass is 16.4. The van der Waals surface area contributed by atoms with Gasteiger partial charge in [-0.2, -0.15) is 0 Å². The molecule has 4 aliphatic rings. The number of hydrogen-bond donors (Lipinski definition) is 2. The van der Waals surface area contributed by atoms with Crippen molar-refractivity contribution in [1.82, 2.24) is 0 Å². The average Bonchev–Trinajstić information content (AvgIpc) is 2.68. The van der Waals surface area contributed by atoms with Crippen molar-refractivity contribution in [1.29, 1.82) is 0 Å². The van der Waals surface area contributed by atoms with E-state index in [2.05, 4.69) is 13.5 Å². The minimum atomic E-state index is -0.616. The molecule has 23 heavy (non-hydrogen) atoms. The standard InChI is InChI=1S/C20H30O3/c1-12-13-5-6-15-18(2)8-4-9-19(3,17(22)23)14(18)7-10-20(15,11-13)16(12)21/h13-16,21H,1,4-11H2,2-3H3,(H,22,23)/t13?,14-,15-,16?,18+,19+,20+/m0/s1. The van der Waals surface area contributed by atoms with Gasteiger partial charge in [-0.25, -0.2) is 0 Å². The number of carbonyl (C=O) groups is 1. The number of fused-ring (bicyclic) bond motifs is 3. The Kier molecular flexibility index (Phi) is 3.15. The second-order valence-corrected chi connectivity index (χ2v) is 9.41.